The summed E-state index contributed by atoms with van der Waals surface area (Å²) in [5, 5.41) is 0. The van der Waals surface area contributed by atoms with Gasteiger partial charge in [-0.25, -0.2) is 13.2 Å². The molecule has 33 heavy (non-hydrogen) atoms. The molecule has 3 aromatic carbocycles. The van der Waals surface area contributed by atoms with Crippen molar-refractivity contribution in [3.63, 3.8) is 0 Å². The summed E-state index contributed by atoms with van der Waals surface area (Å²) in [6.07, 6.45) is 0. The fourth-order valence-corrected chi connectivity index (χ4v) is 5.53. The van der Waals surface area contributed by atoms with Crippen LogP contribution < -0.4 is 18.7 Å². The van der Waals surface area contributed by atoms with Crippen molar-refractivity contribution in [3.05, 3.63) is 81.5 Å². The molecule has 1 aromatic heterocycles. The SMILES string of the molecule is COc1ccc(OC)c(S(=O)(=O)N(C(=O)c2ccc(C)cc2)c2ccc3oc(=O)sc3c2)c1. The molecule has 0 radical (unpaired) electrons. The van der Waals surface area contributed by atoms with Crippen molar-refractivity contribution < 1.29 is 27.1 Å². The highest BCUT2D eigenvalue weighted by Gasteiger charge is 2.35. The van der Waals surface area contributed by atoms with E-state index in [4.69, 9.17) is 13.9 Å². The van der Waals surface area contributed by atoms with Gasteiger partial charge in [-0.05, 0) is 49.4 Å². The van der Waals surface area contributed by atoms with Crippen LogP contribution in [0.15, 0.2) is 74.8 Å². The predicted octanol–water partition coefficient (Wildman–Crippen LogP) is 4.22. The van der Waals surface area contributed by atoms with Crippen molar-refractivity contribution in [2.24, 2.45) is 0 Å². The monoisotopic (exact) mass is 485 g/mol. The number of carbonyl (C=O) groups is 1. The number of benzene rings is 3. The van der Waals surface area contributed by atoms with E-state index >= 15 is 0 Å². The van der Waals surface area contributed by atoms with E-state index in [-0.39, 0.29) is 27.6 Å². The summed E-state index contributed by atoms with van der Waals surface area (Å²) in [7, 11) is -1.73. The smallest absolute Gasteiger partial charge is 0.396 e. The summed E-state index contributed by atoms with van der Waals surface area (Å²) in [6, 6.07) is 15.1. The first-order chi connectivity index (χ1) is 15.7. The van der Waals surface area contributed by atoms with Gasteiger partial charge in [0.2, 0.25) is 0 Å². The van der Waals surface area contributed by atoms with Gasteiger partial charge in [-0.3, -0.25) is 4.79 Å². The highest BCUT2D eigenvalue weighted by molar-refractivity contribution is 7.93. The molecule has 0 saturated heterocycles. The number of fused-ring (bicyclic) bond motifs is 1. The van der Waals surface area contributed by atoms with Crippen LogP contribution in [0.3, 0.4) is 0 Å². The summed E-state index contributed by atoms with van der Waals surface area (Å²) < 4.78 is 44.4. The Morgan fingerprint density at radius 3 is 2.36 bits per heavy atom. The molecule has 0 N–H and O–H groups in total. The van der Waals surface area contributed by atoms with Crippen molar-refractivity contribution in [1.82, 2.24) is 0 Å². The Kier molecular flexibility index (Phi) is 5.96. The molecule has 4 aromatic rings. The minimum absolute atomic E-state index is 0.0477. The lowest BCUT2D eigenvalue weighted by atomic mass is 10.1. The molecular weight excluding hydrogens is 466 g/mol. The van der Waals surface area contributed by atoms with Crippen molar-refractivity contribution in [2.75, 3.05) is 18.5 Å². The quantitative estimate of drug-likeness (QED) is 0.403. The largest absolute Gasteiger partial charge is 0.497 e. The highest BCUT2D eigenvalue weighted by Crippen LogP contribution is 2.35. The van der Waals surface area contributed by atoms with E-state index in [1.165, 1.54) is 44.6 Å². The van der Waals surface area contributed by atoms with E-state index in [1.54, 1.807) is 30.3 Å². The number of anilines is 1. The van der Waals surface area contributed by atoms with Gasteiger partial charge >= 0.3 is 4.94 Å². The third-order valence-electron chi connectivity index (χ3n) is 4.92. The fourth-order valence-electron chi connectivity index (χ4n) is 3.25. The summed E-state index contributed by atoms with van der Waals surface area (Å²) in [4.78, 5) is 24.4. The zero-order valence-corrected chi connectivity index (χ0v) is 19.5. The number of sulfonamides is 1. The third-order valence-corrected chi connectivity index (χ3v) is 7.44. The van der Waals surface area contributed by atoms with Gasteiger partial charge in [0.15, 0.2) is 0 Å². The Hall–Kier alpha value is -3.63. The van der Waals surface area contributed by atoms with Gasteiger partial charge in [-0.2, -0.15) is 4.31 Å². The van der Waals surface area contributed by atoms with Crippen molar-refractivity contribution in [1.29, 1.82) is 0 Å². The van der Waals surface area contributed by atoms with Crippen LogP contribution in [0.1, 0.15) is 15.9 Å². The molecule has 0 fully saturated rings. The molecule has 0 aliphatic rings. The lowest BCUT2D eigenvalue weighted by Gasteiger charge is -2.24. The number of amides is 1. The van der Waals surface area contributed by atoms with Gasteiger partial charge < -0.3 is 13.9 Å². The van der Waals surface area contributed by atoms with E-state index < -0.39 is 20.9 Å². The van der Waals surface area contributed by atoms with Crippen LogP contribution in [0.25, 0.3) is 10.3 Å². The van der Waals surface area contributed by atoms with Crippen molar-refractivity contribution >= 4 is 43.2 Å². The maximum Gasteiger partial charge on any atom is 0.396 e. The second kappa shape index (κ2) is 8.72. The molecule has 0 aliphatic carbocycles. The van der Waals surface area contributed by atoms with E-state index in [0.29, 0.717) is 14.6 Å². The predicted molar refractivity (Wildman–Crippen MR) is 125 cm³/mol. The number of rotatable bonds is 6. The molecule has 1 heterocycles. The third kappa shape index (κ3) is 4.22. The van der Waals surface area contributed by atoms with E-state index in [1.807, 2.05) is 6.92 Å². The first kappa shape index (κ1) is 22.6. The molecule has 10 heteroatoms. The van der Waals surface area contributed by atoms with Crippen LogP contribution in [0.4, 0.5) is 5.69 Å². The molecule has 170 valence electrons. The molecule has 0 unspecified atom stereocenters. The highest BCUT2D eigenvalue weighted by atomic mass is 32.2. The lowest BCUT2D eigenvalue weighted by molar-refractivity contribution is 0.101. The number of carbonyl (C=O) groups excluding carboxylic acids is 1. The number of hydrogen-bond acceptors (Lipinski definition) is 8. The van der Waals surface area contributed by atoms with Crippen LogP contribution in [0.2, 0.25) is 0 Å². The standard InChI is InChI=1S/C23H19NO7S2/c1-14-4-6-15(7-5-14)22(25)24(16-8-10-18-20(12-16)32-23(26)31-18)33(27,28)21-13-17(29-2)9-11-19(21)30-3/h4-13H,1-3H3. The van der Waals surface area contributed by atoms with Crippen LogP contribution >= 0.6 is 11.3 Å². The summed E-state index contributed by atoms with van der Waals surface area (Å²) in [5.74, 6) is -0.442. The Morgan fingerprint density at radius 2 is 1.70 bits per heavy atom. The Bertz CT molecular complexity index is 1500. The van der Waals surface area contributed by atoms with Crippen LogP contribution in [0.5, 0.6) is 11.5 Å². The summed E-state index contributed by atoms with van der Waals surface area (Å²) in [6.45, 7) is 1.86. The maximum absolute atomic E-state index is 13.9. The van der Waals surface area contributed by atoms with Gasteiger partial charge in [0.1, 0.15) is 22.0 Å². The topological polar surface area (TPSA) is 103 Å². The average molecular weight is 486 g/mol. The Balaban J connectivity index is 1.96. The normalized spacial score (nSPS) is 11.4. The minimum Gasteiger partial charge on any atom is -0.497 e. The molecule has 4 rings (SSSR count). The summed E-state index contributed by atoms with van der Waals surface area (Å²) in [5.41, 5.74) is 1.44. The van der Waals surface area contributed by atoms with Crippen LogP contribution in [0, 0.1) is 6.92 Å². The zero-order chi connectivity index (χ0) is 23.8. The van der Waals surface area contributed by atoms with Gasteiger partial charge in [-0.1, -0.05) is 29.0 Å². The van der Waals surface area contributed by atoms with Gasteiger partial charge in [0.25, 0.3) is 15.9 Å². The molecule has 0 atom stereocenters. The fraction of sp³-hybridized carbons (Fsp3) is 0.130. The van der Waals surface area contributed by atoms with Gasteiger partial charge in [0, 0.05) is 11.6 Å². The van der Waals surface area contributed by atoms with E-state index in [2.05, 4.69) is 0 Å². The first-order valence-electron chi connectivity index (χ1n) is 9.66. The van der Waals surface area contributed by atoms with Crippen LogP contribution in [-0.4, -0.2) is 28.5 Å². The molecule has 1 amide bonds. The Morgan fingerprint density at radius 1 is 0.970 bits per heavy atom. The van der Waals surface area contributed by atoms with Crippen molar-refractivity contribution in [3.8, 4) is 11.5 Å². The molecule has 8 nitrogen and oxygen atoms in total. The Labute approximate surface area is 193 Å². The van der Waals surface area contributed by atoms with Gasteiger partial charge in [0.05, 0.1) is 24.6 Å². The zero-order valence-electron chi connectivity index (χ0n) is 17.9. The molecule has 0 spiro atoms. The van der Waals surface area contributed by atoms with E-state index in [0.717, 1.165) is 16.9 Å². The minimum atomic E-state index is -4.47. The average Bonchev–Trinajstić information content (AvgIpc) is 3.18. The number of aryl methyl sites for hydroxylation is 1. The number of hydrogen-bond donors (Lipinski definition) is 0. The number of nitrogens with zero attached hydrogens (tertiary/aromatic N) is 1. The lowest BCUT2D eigenvalue weighted by Crippen LogP contribution is -2.37. The maximum atomic E-state index is 13.9. The molecule has 0 bridgehead atoms. The number of methoxy groups -OCH3 is 2. The van der Waals surface area contributed by atoms with Gasteiger partial charge in [-0.15, -0.1) is 0 Å². The molecule has 0 saturated carbocycles. The second-order valence-corrected chi connectivity index (χ2v) is 9.77. The number of ether oxygens (including phenoxy) is 2. The summed E-state index contributed by atoms with van der Waals surface area (Å²) >= 11 is 0.814. The van der Waals surface area contributed by atoms with E-state index in [9.17, 15) is 18.0 Å². The molecular formula is C23H19NO7S2. The van der Waals surface area contributed by atoms with Crippen molar-refractivity contribution in [2.45, 2.75) is 11.8 Å². The molecule has 0 aliphatic heterocycles. The second-order valence-electron chi connectivity index (χ2n) is 7.04. The van der Waals surface area contributed by atoms with Crippen LogP contribution in [-0.2, 0) is 10.0 Å². The first-order valence-corrected chi connectivity index (χ1v) is 11.9.